The van der Waals surface area contributed by atoms with Crippen molar-refractivity contribution < 1.29 is 9.90 Å². The van der Waals surface area contributed by atoms with Gasteiger partial charge in [-0.1, -0.05) is 12.1 Å². The molecule has 2 aromatic heterocycles. The molecular formula is C17H15N3O2S. The number of aromatic hydroxyl groups is 1. The summed E-state index contributed by atoms with van der Waals surface area (Å²) in [5.41, 5.74) is 2.63. The summed E-state index contributed by atoms with van der Waals surface area (Å²) < 4.78 is 0. The van der Waals surface area contributed by atoms with Crippen LogP contribution in [0.5, 0.6) is 5.75 Å². The fraction of sp³-hybridized carbons (Fsp3) is 0.118. The highest BCUT2D eigenvalue weighted by atomic mass is 32.1. The van der Waals surface area contributed by atoms with Gasteiger partial charge in [-0.3, -0.25) is 9.78 Å². The maximum atomic E-state index is 12.0. The van der Waals surface area contributed by atoms with Gasteiger partial charge < -0.3 is 10.4 Å². The first-order valence-electron chi connectivity index (χ1n) is 7.14. The zero-order chi connectivity index (χ0) is 16.1. The Labute approximate surface area is 137 Å². The Kier molecular flexibility index (Phi) is 4.63. The molecule has 0 saturated heterocycles. The highest BCUT2D eigenvalue weighted by Crippen LogP contribution is 2.27. The van der Waals surface area contributed by atoms with Crippen molar-refractivity contribution in [3.8, 4) is 17.0 Å². The van der Waals surface area contributed by atoms with Crippen molar-refractivity contribution in [2.24, 2.45) is 0 Å². The van der Waals surface area contributed by atoms with E-state index in [2.05, 4.69) is 15.3 Å². The summed E-state index contributed by atoms with van der Waals surface area (Å²) in [6, 6.07) is 10.7. The summed E-state index contributed by atoms with van der Waals surface area (Å²) in [5.74, 6) is 0.122. The van der Waals surface area contributed by atoms with Crippen molar-refractivity contribution in [1.29, 1.82) is 0 Å². The van der Waals surface area contributed by atoms with Gasteiger partial charge in [-0.15, -0.1) is 11.3 Å². The second kappa shape index (κ2) is 7.02. The first kappa shape index (κ1) is 15.2. The molecule has 116 valence electrons. The molecule has 0 radical (unpaired) electrons. The predicted molar refractivity (Wildman–Crippen MR) is 90.4 cm³/mol. The van der Waals surface area contributed by atoms with Crippen LogP contribution in [0, 0.1) is 0 Å². The number of aromatic nitrogens is 2. The lowest BCUT2D eigenvalue weighted by Gasteiger charge is -2.02. The quantitative estimate of drug-likeness (QED) is 0.753. The van der Waals surface area contributed by atoms with Crippen molar-refractivity contribution >= 4 is 22.4 Å². The molecule has 0 aliphatic carbocycles. The summed E-state index contributed by atoms with van der Waals surface area (Å²) >= 11 is 1.37. The molecule has 23 heavy (non-hydrogen) atoms. The number of nitrogens with zero attached hydrogens (tertiary/aromatic N) is 2. The number of thiazole rings is 1. The number of anilines is 1. The van der Waals surface area contributed by atoms with E-state index >= 15 is 0 Å². The molecule has 0 unspecified atom stereocenters. The number of pyridine rings is 1. The minimum absolute atomic E-state index is 0.0707. The number of hydrogen-bond donors (Lipinski definition) is 2. The lowest BCUT2D eigenvalue weighted by atomic mass is 10.1. The van der Waals surface area contributed by atoms with E-state index in [1.54, 1.807) is 30.6 Å². The largest absolute Gasteiger partial charge is 0.508 e. The van der Waals surface area contributed by atoms with Gasteiger partial charge >= 0.3 is 0 Å². The predicted octanol–water partition coefficient (Wildman–Crippen LogP) is 3.48. The SMILES string of the molecule is O=C(CCc1ccncc1)Nc1nc(-c2cccc(O)c2)cs1. The molecule has 2 heterocycles. The van der Waals surface area contributed by atoms with Crippen molar-refractivity contribution in [1.82, 2.24) is 9.97 Å². The Bertz CT molecular complexity index is 802. The van der Waals surface area contributed by atoms with Crippen molar-refractivity contribution in [2.45, 2.75) is 12.8 Å². The summed E-state index contributed by atoms with van der Waals surface area (Å²) in [7, 11) is 0. The molecule has 0 bridgehead atoms. The van der Waals surface area contributed by atoms with Gasteiger partial charge in [-0.2, -0.15) is 0 Å². The number of rotatable bonds is 5. The molecule has 0 aliphatic heterocycles. The molecule has 2 N–H and O–H groups in total. The number of nitrogens with one attached hydrogen (secondary N) is 1. The lowest BCUT2D eigenvalue weighted by molar-refractivity contribution is -0.116. The van der Waals surface area contributed by atoms with Crippen LogP contribution in [-0.2, 0) is 11.2 Å². The van der Waals surface area contributed by atoms with Crippen LogP contribution in [-0.4, -0.2) is 21.0 Å². The maximum Gasteiger partial charge on any atom is 0.226 e. The number of carbonyl (C=O) groups is 1. The first-order chi connectivity index (χ1) is 11.2. The van der Waals surface area contributed by atoms with Gasteiger partial charge in [0.05, 0.1) is 5.69 Å². The molecule has 1 aromatic carbocycles. The van der Waals surface area contributed by atoms with E-state index in [1.807, 2.05) is 23.6 Å². The normalized spacial score (nSPS) is 10.4. The van der Waals surface area contributed by atoms with Crippen LogP contribution in [0.3, 0.4) is 0 Å². The number of hydrogen-bond acceptors (Lipinski definition) is 5. The minimum atomic E-state index is -0.0707. The van der Waals surface area contributed by atoms with E-state index in [-0.39, 0.29) is 11.7 Å². The Hall–Kier alpha value is -2.73. The van der Waals surface area contributed by atoms with Gasteiger partial charge in [0, 0.05) is 29.8 Å². The minimum Gasteiger partial charge on any atom is -0.508 e. The molecule has 1 amide bonds. The van der Waals surface area contributed by atoms with Gasteiger partial charge in [-0.25, -0.2) is 4.98 Å². The van der Waals surface area contributed by atoms with E-state index in [0.29, 0.717) is 18.0 Å². The van der Waals surface area contributed by atoms with Crippen LogP contribution in [0.4, 0.5) is 5.13 Å². The van der Waals surface area contributed by atoms with E-state index in [9.17, 15) is 9.90 Å². The summed E-state index contributed by atoms with van der Waals surface area (Å²) in [6.45, 7) is 0. The average Bonchev–Trinajstić information content (AvgIpc) is 3.02. The highest BCUT2D eigenvalue weighted by Gasteiger charge is 2.08. The van der Waals surface area contributed by atoms with E-state index in [0.717, 1.165) is 16.8 Å². The Morgan fingerprint density at radius 1 is 1.22 bits per heavy atom. The van der Waals surface area contributed by atoms with Crippen LogP contribution in [0.2, 0.25) is 0 Å². The highest BCUT2D eigenvalue weighted by molar-refractivity contribution is 7.14. The Morgan fingerprint density at radius 2 is 2.04 bits per heavy atom. The van der Waals surface area contributed by atoms with Gasteiger partial charge in [-0.05, 0) is 36.2 Å². The summed E-state index contributed by atoms with van der Waals surface area (Å²) in [4.78, 5) is 20.3. The standard InChI is InChI=1S/C17H15N3O2S/c21-14-3-1-2-13(10-14)15-11-23-17(19-15)20-16(22)5-4-12-6-8-18-9-7-12/h1-3,6-11,21H,4-5H2,(H,19,20,22). The van der Waals surface area contributed by atoms with Crippen LogP contribution in [0.15, 0.2) is 54.2 Å². The fourth-order valence-electron chi connectivity index (χ4n) is 2.12. The third-order valence-corrected chi connectivity index (χ3v) is 4.04. The third-order valence-electron chi connectivity index (χ3n) is 3.28. The van der Waals surface area contributed by atoms with E-state index in [1.165, 1.54) is 11.3 Å². The molecule has 0 spiro atoms. The summed E-state index contributed by atoms with van der Waals surface area (Å²) in [6.07, 6.45) is 4.50. The molecule has 0 fully saturated rings. The number of benzene rings is 1. The smallest absolute Gasteiger partial charge is 0.226 e. The third kappa shape index (κ3) is 4.14. The van der Waals surface area contributed by atoms with Crippen LogP contribution in [0.25, 0.3) is 11.3 Å². The van der Waals surface area contributed by atoms with Crippen LogP contribution < -0.4 is 5.32 Å². The Morgan fingerprint density at radius 3 is 2.83 bits per heavy atom. The van der Waals surface area contributed by atoms with Crippen molar-refractivity contribution in [3.05, 3.63) is 59.7 Å². The van der Waals surface area contributed by atoms with Gasteiger partial charge in [0.1, 0.15) is 5.75 Å². The van der Waals surface area contributed by atoms with Crippen molar-refractivity contribution in [2.75, 3.05) is 5.32 Å². The van der Waals surface area contributed by atoms with Gasteiger partial charge in [0.2, 0.25) is 5.91 Å². The number of amides is 1. The monoisotopic (exact) mass is 325 g/mol. The molecule has 0 saturated carbocycles. The number of phenols is 1. The zero-order valence-electron chi connectivity index (χ0n) is 12.3. The molecule has 0 atom stereocenters. The van der Waals surface area contributed by atoms with Crippen molar-refractivity contribution in [3.63, 3.8) is 0 Å². The van der Waals surface area contributed by atoms with E-state index in [4.69, 9.17) is 0 Å². The summed E-state index contributed by atoms with van der Waals surface area (Å²) in [5, 5.41) is 14.7. The average molecular weight is 325 g/mol. The van der Waals surface area contributed by atoms with Crippen LogP contribution >= 0.6 is 11.3 Å². The van der Waals surface area contributed by atoms with Gasteiger partial charge in [0.15, 0.2) is 5.13 Å². The second-order valence-corrected chi connectivity index (χ2v) is 5.85. The number of aryl methyl sites for hydroxylation is 1. The lowest BCUT2D eigenvalue weighted by Crippen LogP contribution is -2.12. The van der Waals surface area contributed by atoms with E-state index < -0.39 is 0 Å². The number of phenolic OH excluding ortho intramolecular Hbond substituents is 1. The Balaban J connectivity index is 1.59. The molecule has 0 aliphatic rings. The second-order valence-electron chi connectivity index (χ2n) is 4.99. The molecule has 3 aromatic rings. The number of carbonyl (C=O) groups excluding carboxylic acids is 1. The maximum absolute atomic E-state index is 12.0. The topological polar surface area (TPSA) is 75.1 Å². The molecule has 6 heteroatoms. The first-order valence-corrected chi connectivity index (χ1v) is 8.02. The zero-order valence-corrected chi connectivity index (χ0v) is 13.1. The van der Waals surface area contributed by atoms with Crippen LogP contribution in [0.1, 0.15) is 12.0 Å². The molecule has 5 nitrogen and oxygen atoms in total. The fourth-order valence-corrected chi connectivity index (χ4v) is 2.85. The van der Waals surface area contributed by atoms with Gasteiger partial charge in [0.25, 0.3) is 0 Å². The molecule has 3 rings (SSSR count). The molecular weight excluding hydrogens is 310 g/mol.